The second-order valence-electron chi connectivity index (χ2n) is 5.30. The zero-order valence-electron chi connectivity index (χ0n) is 11.9. The fourth-order valence-electron chi connectivity index (χ4n) is 2.77. The number of thiophene rings is 1. The van der Waals surface area contributed by atoms with Crippen molar-refractivity contribution in [2.45, 2.75) is 31.7 Å². The Morgan fingerprint density at radius 1 is 1.50 bits per heavy atom. The summed E-state index contributed by atoms with van der Waals surface area (Å²) in [6, 6.07) is 4.50. The van der Waals surface area contributed by atoms with Crippen LogP contribution in [0.1, 0.15) is 42.4 Å². The SMILES string of the molecule is Cn1ccnc1C(NCCC1=CCCC1)c1cccs1. The van der Waals surface area contributed by atoms with Crippen molar-refractivity contribution in [2.75, 3.05) is 6.54 Å². The van der Waals surface area contributed by atoms with Crippen LogP contribution in [0.2, 0.25) is 0 Å². The zero-order valence-corrected chi connectivity index (χ0v) is 12.7. The summed E-state index contributed by atoms with van der Waals surface area (Å²) < 4.78 is 2.10. The predicted molar refractivity (Wildman–Crippen MR) is 83.9 cm³/mol. The highest BCUT2D eigenvalue weighted by Gasteiger charge is 2.18. The first-order valence-corrected chi connectivity index (χ1v) is 8.14. The molecular formula is C16H21N3S. The van der Waals surface area contributed by atoms with Crippen LogP contribution < -0.4 is 5.32 Å². The second kappa shape index (κ2) is 6.37. The molecule has 0 fully saturated rings. The van der Waals surface area contributed by atoms with E-state index in [1.54, 1.807) is 16.9 Å². The third kappa shape index (κ3) is 3.02. The van der Waals surface area contributed by atoms with E-state index in [-0.39, 0.29) is 6.04 Å². The van der Waals surface area contributed by atoms with Crippen LogP contribution in [-0.2, 0) is 7.05 Å². The molecule has 0 aromatic carbocycles. The minimum Gasteiger partial charge on any atom is -0.336 e. The van der Waals surface area contributed by atoms with Crippen molar-refractivity contribution >= 4 is 11.3 Å². The van der Waals surface area contributed by atoms with Crippen molar-refractivity contribution in [2.24, 2.45) is 7.05 Å². The summed E-state index contributed by atoms with van der Waals surface area (Å²) in [6.45, 7) is 1.02. The highest BCUT2D eigenvalue weighted by Crippen LogP contribution is 2.25. The molecule has 2 aromatic rings. The molecule has 1 aliphatic rings. The summed E-state index contributed by atoms with van der Waals surface area (Å²) in [7, 11) is 2.06. The van der Waals surface area contributed by atoms with Crippen LogP contribution in [0.15, 0.2) is 41.6 Å². The lowest BCUT2D eigenvalue weighted by Crippen LogP contribution is -2.25. The van der Waals surface area contributed by atoms with E-state index >= 15 is 0 Å². The summed E-state index contributed by atoms with van der Waals surface area (Å²) in [5, 5.41) is 5.81. The van der Waals surface area contributed by atoms with Crippen LogP contribution in [0, 0.1) is 0 Å². The quantitative estimate of drug-likeness (QED) is 0.822. The largest absolute Gasteiger partial charge is 0.336 e. The molecule has 0 saturated carbocycles. The molecule has 2 aromatic heterocycles. The molecule has 3 nitrogen and oxygen atoms in total. The van der Waals surface area contributed by atoms with E-state index in [1.807, 2.05) is 12.4 Å². The second-order valence-corrected chi connectivity index (χ2v) is 6.28. The van der Waals surface area contributed by atoms with Crippen LogP contribution in [-0.4, -0.2) is 16.1 Å². The standard InChI is InChI=1S/C16H21N3S/c1-19-11-10-18-16(19)15(14-7-4-12-20-14)17-9-8-13-5-2-3-6-13/h4-5,7,10-12,15,17H,2-3,6,8-9H2,1H3. The summed E-state index contributed by atoms with van der Waals surface area (Å²) in [5.41, 5.74) is 1.61. The Balaban J connectivity index is 1.68. The average Bonchev–Trinajstić information content (AvgIpc) is 3.18. The van der Waals surface area contributed by atoms with Crippen LogP contribution >= 0.6 is 11.3 Å². The Morgan fingerprint density at radius 3 is 3.10 bits per heavy atom. The van der Waals surface area contributed by atoms with Crippen LogP contribution in [0.3, 0.4) is 0 Å². The third-order valence-corrected chi connectivity index (χ3v) is 4.81. The monoisotopic (exact) mass is 287 g/mol. The Bertz CT molecular complexity index is 568. The van der Waals surface area contributed by atoms with Crippen LogP contribution in [0.4, 0.5) is 0 Å². The third-order valence-electron chi connectivity index (χ3n) is 3.87. The number of aryl methyl sites for hydroxylation is 1. The van der Waals surface area contributed by atoms with Crippen molar-refractivity contribution in [1.82, 2.24) is 14.9 Å². The highest BCUT2D eigenvalue weighted by molar-refractivity contribution is 7.10. The van der Waals surface area contributed by atoms with E-state index < -0.39 is 0 Å². The maximum absolute atomic E-state index is 4.52. The van der Waals surface area contributed by atoms with Crippen molar-refractivity contribution in [3.63, 3.8) is 0 Å². The molecule has 1 unspecified atom stereocenters. The van der Waals surface area contributed by atoms with Gasteiger partial charge in [-0.25, -0.2) is 4.98 Å². The first-order valence-electron chi connectivity index (χ1n) is 7.26. The molecule has 0 spiro atoms. The van der Waals surface area contributed by atoms with Crippen LogP contribution in [0.5, 0.6) is 0 Å². The molecule has 1 N–H and O–H groups in total. The van der Waals surface area contributed by atoms with Gasteiger partial charge in [-0.15, -0.1) is 11.3 Å². The van der Waals surface area contributed by atoms with Gasteiger partial charge in [0.1, 0.15) is 11.9 Å². The summed E-state index contributed by atoms with van der Waals surface area (Å²) in [6.07, 6.45) is 11.3. The normalized spacial score (nSPS) is 16.4. The lowest BCUT2D eigenvalue weighted by atomic mass is 10.1. The van der Waals surface area contributed by atoms with Gasteiger partial charge in [0.05, 0.1) is 0 Å². The molecule has 3 rings (SSSR count). The topological polar surface area (TPSA) is 29.9 Å². The van der Waals surface area contributed by atoms with E-state index in [0.717, 1.165) is 18.8 Å². The number of nitrogens with one attached hydrogen (secondary N) is 1. The molecular weight excluding hydrogens is 266 g/mol. The van der Waals surface area contributed by atoms with E-state index in [0.29, 0.717) is 0 Å². The predicted octanol–water partition coefficient (Wildman–Crippen LogP) is 3.66. The summed E-state index contributed by atoms with van der Waals surface area (Å²) in [5.74, 6) is 1.09. The smallest absolute Gasteiger partial charge is 0.131 e. The molecule has 4 heteroatoms. The minimum atomic E-state index is 0.206. The van der Waals surface area contributed by atoms with Crippen LogP contribution in [0.25, 0.3) is 0 Å². The highest BCUT2D eigenvalue weighted by atomic mass is 32.1. The van der Waals surface area contributed by atoms with Gasteiger partial charge in [-0.1, -0.05) is 17.7 Å². The first kappa shape index (κ1) is 13.6. The van der Waals surface area contributed by atoms with Crippen molar-refractivity contribution in [3.8, 4) is 0 Å². The fraction of sp³-hybridized carbons (Fsp3) is 0.438. The Hall–Kier alpha value is -1.39. The van der Waals surface area contributed by atoms with Crippen molar-refractivity contribution in [3.05, 3.63) is 52.3 Å². The molecule has 2 heterocycles. The van der Waals surface area contributed by atoms with E-state index in [9.17, 15) is 0 Å². The summed E-state index contributed by atoms with van der Waals surface area (Å²) in [4.78, 5) is 5.85. The Kier molecular flexibility index (Phi) is 4.33. The Labute approximate surface area is 124 Å². The zero-order chi connectivity index (χ0) is 13.8. The maximum atomic E-state index is 4.52. The molecule has 106 valence electrons. The van der Waals surface area contributed by atoms with Gasteiger partial charge >= 0.3 is 0 Å². The van der Waals surface area contributed by atoms with E-state index in [4.69, 9.17) is 0 Å². The van der Waals surface area contributed by atoms with Gasteiger partial charge in [-0.05, 0) is 43.7 Å². The van der Waals surface area contributed by atoms with Gasteiger partial charge in [0, 0.05) is 24.3 Å². The molecule has 0 radical (unpaired) electrons. The average molecular weight is 287 g/mol. The number of nitrogens with zero attached hydrogens (tertiary/aromatic N) is 2. The van der Waals surface area contributed by atoms with E-state index in [1.165, 1.54) is 24.1 Å². The van der Waals surface area contributed by atoms with E-state index in [2.05, 4.69) is 45.5 Å². The number of rotatable bonds is 6. The molecule has 1 aliphatic carbocycles. The number of hydrogen-bond acceptors (Lipinski definition) is 3. The van der Waals surface area contributed by atoms with Gasteiger partial charge in [-0.3, -0.25) is 0 Å². The number of aromatic nitrogens is 2. The number of hydrogen-bond donors (Lipinski definition) is 1. The Morgan fingerprint density at radius 2 is 2.45 bits per heavy atom. The molecule has 0 aliphatic heterocycles. The van der Waals surface area contributed by atoms with Gasteiger partial charge < -0.3 is 9.88 Å². The molecule has 20 heavy (non-hydrogen) atoms. The first-order chi connectivity index (χ1) is 9.84. The minimum absolute atomic E-state index is 0.206. The van der Waals surface area contributed by atoms with Crippen molar-refractivity contribution < 1.29 is 0 Å². The molecule has 0 bridgehead atoms. The number of allylic oxidation sites excluding steroid dienone is 1. The molecule has 0 amide bonds. The lowest BCUT2D eigenvalue weighted by Gasteiger charge is -2.17. The van der Waals surface area contributed by atoms with Gasteiger partial charge in [0.25, 0.3) is 0 Å². The molecule has 0 saturated heterocycles. The van der Waals surface area contributed by atoms with Gasteiger partial charge in [0.2, 0.25) is 0 Å². The maximum Gasteiger partial charge on any atom is 0.131 e. The fourth-order valence-corrected chi connectivity index (χ4v) is 3.57. The van der Waals surface area contributed by atoms with Gasteiger partial charge in [-0.2, -0.15) is 0 Å². The molecule has 1 atom stereocenters. The van der Waals surface area contributed by atoms with Crippen molar-refractivity contribution in [1.29, 1.82) is 0 Å². The van der Waals surface area contributed by atoms with Gasteiger partial charge in [0.15, 0.2) is 0 Å². The summed E-state index contributed by atoms with van der Waals surface area (Å²) >= 11 is 1.79. The number of imidazole rings is 1. The lowest BCUT2D eigenvalue weighted by molar-refractivity contribution is 0.564.